The number of amides is 1. The molecule has 5 nitrogen and oxygen atoms in total. The quantitative estimate of drug-likeness (QED) is 0.797. The second-order valence-corrected chi connectivity index (χ2v) is 3.91. The van der Waals surface area contributed by atoms with E-state index in [2.05, 4.69) is 10.4 Å². The number of hydrogen-bond acceptors (Lipinski definition) is 4. The first kappa shape index (κ1) is 12.0. The summed E-state index contributed by atoms with van der Waals surface area (Å²) in [6.07, 6.45) is 7.75. The van der Waals surface area contributed by atoms with Crippen LogP contribution in [0, 0.1) is 5.53 Å². The van der Waals surface area contributed by atoms with Crippen LogP contribution in [-0.4, -0.2) is 23.9 Å². The Morgan fingerprint density at radius 1 is 1.33 bits per heavy atom. The van der Waals surface area contributed by atoms with Crippen molar-refractivity contribution in [2.75, 3.05) is 18.4 Å². The van der Waals surface area contributed by atoms with Gasteiger partial charge in [0.1, 0.15) is 0 Å². The molecule has 0 aliphatic carbocycles. The number of carbonyl (C=O) groups is 1. The fourth-order valence-electron chi connectivity index (χ4n) is 1.63. The molecule has 0 atom stereocenters. The van der Waals surface area contributed by atoms with E-state index in [4.69, 9.17) is 5.53 Å². The van der Waals surface area contributed by atoms with Gasteiger partial charge in [0.15, 0.2) is 0 Å². The Kier molecular flexibility index (Phi) is 3.86. The molecular weight excluding hydrogens is 228 g/mol. The number of nitrogens with zero attached hydrogens (tertiary/aromatic N) is 2. The fraction of sp³-hybridized carbons (Fsp3) is 0.154. The molecule has 1 aliphatic rings. The van der Waals surface area contributed by atoms with Crippen LogP contribution < -0.4 is 5.32 Å². The van der Waals surface area contributed by atoms with Gasteiger partial charge in [0.2, 0.25) is 5.91 Å². The third-order valence-corrected chi connectivity index (χ3v) is 2.51. The van der Waals surface area contributed by atoms with E-state index in [0.29, 0.717) is 17.9 Å². The molecule has 1 amide bonds. The molecule has 1 aromatic rings. The SMILES string of the molecule is N=Nc1ccc(NC(=O)CN2C=CC=CC2)cc1. The van der Waals surface area contributed by atoms with Gasteiger partial charge in [0.25, 0.3) is 0 Å². The van der Waals surface area contributed by atoms with Gasteiger partial charge in [-0.15, -0.1) is 0 Å². The number of anilines is 1. The molecule has 1 aromatic carbocycles. The van der Waals surface area contributed by atoms with Gasteiger partial charge in [0.05, 0.1) is 12.2 Å². The summed E-state index contributed by atoms with van der Waals surface area (Å²) in [5.74, 6) is -0.0643. The molecule has 1 heterocycles. The van der Waals surface area contributed by atoms with E-state index >= 15 is 0 Å². The number of benzene rings is 1. The Labute approximate surface area is 105 Å². The third-order valence-electron chi connectivity index (χ3n) is 2.51. The van der Waals surface area contributed by atoms with Gasteiger partial charge in [-0.25, -0.2) is 5.53 Å². The van der Waals surface area contributed by atoms with Crippen LogP contribution in [0.25, 0.3) is 0 Å². The lowest BCUT2D eigenvalue weighted by atomic mass is 10.3. The lowest BCUT2D eigenvalue weighted by Crippen LogP contribution is -2.30. The summed E-state index contributed by atoms with van der Waals surface area (Å²) in [6, 6.07) is 6.84. The van der Waals surface area contributed by atoms with Crippen molar-refractivity contribution in [2.45, 2.75) is 0 Å². The summed E-state index contributed by atoms with van der Waals surface area (Å²) in [7, 11) is 0. The maximum atomic E-state index is 11.8. The Hall–Kier alpha value is -2.43. The van der Waals surface area contributed by atoms with E-state index < -0.39 is 0 Å². The highest BCUT2D eigenvalue weighted by atomic mass is 16.2. The van der Waals surface area contributed by atoms with Crippen molar-refractivity contribution >= 4 is 17.3 Å². The van der Waals surface area contributed by atoms with Crippen LogP contribution in [0.5, 0.6) is 0 Å². The normalized spacial score (nSPS) is 13.4. The molecule has 0 saturated carbocycles. The maximum absolute atomic E-state index is 11.8. The molecule has 0 fully saturated rings. The van der Waals surface area contributed by atoms with E-state index in [1.165, 1.54) is 0 Å². The fourth-order valence-corrected chi connectivity index (χ4v) is 1.63. The van der Waals surface area contributed by atoms with E-state index in [0.717, 1.165) is 6.54 Å². The number of hydrogen-bond donors (Lipinski definition) is 2. The van der Waals surface area contributed by atoms with Gasteiger partial charge in [-0.2, -0.15) is 5.11 Å². The number of rotatable bonds is 4. The lowest BCUT2D eigenvalue weighted by molar-refractivity contribution is -0.116. The molecule has 0 saturated heterocycles. The Morgan fingerprint density at radius 3 is 2.72 bits per heavy atom. The van der Waals surface area contributed by atoms with Gasteiger partial charge < -0.3 is 10.2 Å². The second kappa shape index (κ2) is 5.77. The van der Waals surface area contributed by atoms with Gasteiger partial charge >= 0.3 is 0 Å². The number of nitrogens with one attached hydrogen (secondary N) is 2. The van der Waals surface area contributed by atoms with E-state index in [9.17, 15) is 4.79 Å². The largest absolute Gasteiger partial charge is 0.364 e. The van der Waals surface area contributed by atoms with Crippen LogP contribution in [-0.2, 0) is 4.79 Å². The highest BCUT2D eigenvalue weighted by molar-refractivity contribution is 5.92. The molecule has 0 unspecified atom stereocenters. The van der Waals surface area contributed by atoms with Crippen molar-refractivity contribution in [1.82, 2.24) is 4.90 Å². The molecule has 92 valence electrons. The standard InChI is InChI=1S/C13H14N4O/c14-16-12-6-4-11(5-7-12)15-13(18)10-17-8-2-1-3-9-17/h1-8,14H,9-10H2,(H,15,18). The average Bonchev–Trinajstić information content (AvgIpc) is 2.40. The summed E-state index contributed by atoms with van der Waals surface area (Å²) < 4.78 is 0. The third kappa shape index (κ3) is 3.28. The van der Waals surface area contributed by atoms with E-state index in [1.807, 2.05) is 29.3 Å². The van der Waals surface area contributed by atoms with Crippen molar-refractivity contribution in [2.24, 2.45) is 5.11 Å². The minimum atomic E-state index is -0.0643. The van der Waals surface area contributed by atoms with Crippen molar-refractivity contribution < 1.29 is 4.79 Å². The van der Waals surface area contributed by atoms with Crippen molar-refractivity contribution in [3.8, 4) is 0 Å². The van der Waals surface area contributed by atoms with Crippen LogP contribution in [0.1, 0.15) is 0 Å². The summed E-state index contributed by atoms with van der Waals surface area (Å²) >= 11 is 0. The van der Waals surface area contributed by atoms with E-state index in [-0.39, 0.29) is 5.91 Å². The van der Waals surface area contributed by atoms with Gasteiger partial charge in [-0.3, -0.25) is 4.79 Å². The molecular formula is C13H14N4O. The molecule has 0 radical (unpaired) electrons. The first-order valence-corrected chi connectivity index (χ1v) is 5.63. The molecule has 0 spiro atoms. The Morgan fingerprint density at radius 2 is 2.11 bits per heavy atom. The molecule has 2 rings (SSSR count). The van der Waals surface area contributed by atoms with Gasteiger partial charge in [0, 0.05) is 12.2 Å². The Bertz CT molecular complexity index is 490. The Balaban J connectivity index is 1.88. The van der Waals surface area contributed by atoms with Crippen LogP contribution in [0.4, 0.5) is 11.4 Å². The number of carbonyl (C=O) groups excluding carboxylic acids is 1. The van der Waals surface area contributed by atoms with Gasteiger partial charge in [-0.05, 0) is 36.5 Å². The zero-order valence-electron chi connectivity index (χ0n) is 9.84. The van der Waals surface area contributed by atoms with Crippen LogP contribution in [0.2, 0.25) is 0 Å². The first-order chi connectivity index (χ1) is 8.78. The minimum absolute atomic E-state index is 0.0643. The summed E-state index contributed by atoms with van der Waals surface area (Å²) in [6.45, 7) is 1.08. The smallest absolute Gasteiger partial charge is 0.243 e. The summed E-state index contributed by atoms with van der Waals surface area (Å²) in [5.41, 5.74) is 8.12. The molecule has 2 N–H and O–H groups in total. The molecule has 0 aromatic heterocycles. The zero-order chi connectivity index (χ0) is 12.8. The number of allylic oxidation sites excluding steroid dienone is 2. The van der Waals surface area contributed by atoms with Crippen LogP contribution in [0.15, 0.2) is 53.8 Å². The monoisotopic (exact) mass is 242 g/mol. The molecule has 18 heavy (non-hydrogen) atoms. The van der Waals surface area contributed by atoms with Crippen molar-refractivity contribution in [1.29, 1.82) is 5.53 Å². The maximum Gasteiger partial charge on any atom is 0.243 e. The van der Waals surface area contributed by atoms with Crippen molar-refractivity contribution in [3.63, 3.8) is 0 Å². The van der Waals surface area contributed by atoms with E-state index in [1.54, 1.807) is 24.3 Å². The zero-order valence-corrected chi connectivity index (χ0v) is 9.84. The molecule has 1 aliphatic heterocycles. The first-order valence-electron chi connectivity index (χ1n) is 5.63. The van der Waals surface area contributed by atoms with Crippen LogP contribution >= 0.6 is 0 Å². The predicted octanol–water partition coefficient (Wildman–Crippen LogP) is 2.67. The lowest BCUT2D eigenvalue weighted by Gasteiger charge is -2.19. The van der Waals surface area contributed by atoms with Gasteiger partial charge in [-0.1, -0.05) is 12.2 Å². The van der Waals surface area contributed by atoms with Crippen LogP contribution in [0.3, 0.4) is 0 Å². The minimum Gasteiger partial charge on any atom is -0.364 e. The highest BCUT2D eigenvalue weighted by Crippen LogP contribution is 2.15. The van der Waals surface area contributed by atoms with Crippen molar-refractivity contribution in [3.05, 3.63) is 48.7 Å². The second-order valence-electron chi connectivity index (χ2n) is 3.91. The summed E-state index contributed by atoms with van der Waals surface area (Å²) in [5, 5.41) is 6.10. The predicted molar refractivity (Wildman–Crippen MR) is 69.7 cm³/mol. The highest BCUT2D eigenvalue weighted by Gasteiger charge is 2.07. The molecule has 0 bridgehead atoms. The molecule has 5 heteroatoms. The topological polar surface area (TPSA) is 68.5 Å². The summed E-state index contributed by atoms with van der Waals surface area (Å²) in [4.78, 5) is 13.7. The average molecular weight is 242 g/mol.